The lowest BCUT2D eigenvalue weighted by Gasteiger charge is -2.09. The standard InChI is InChI=1S/C16H16N4O3S/c1-3-4-8-23-16-19-14(10-17-20-16)13-9-11-6-5-7-12(11)15(18-13)24(2,21)22/h1,9-10H,4-8H2,2H3. The van der Waals surface area contributed by atoms with Crippen molar-refractivity contribution in [3.8, 4) is 29.7 Å². The Morgan fingerprint density at radius 2 is 2.12 bits per heavy atom. The summed E-state index contributed by atoms with van der Waals surface area (Å²) in [5.41, 5.74) is 2.68. The molecule has 0 amide bonds. The van der Waals surface area contributed by atoms with Crippen LogP contribution in [0.4, 0.5) is 0 Å². The van der Waals surface area contributed by atoms with Gasteiger partial charge in [-0.2, -0.15) is 10.1 Å². The zero-order chi connectivity index (χ0) is 17.2. The van der Waals surface area contributed by atoms with Gasteiger partial charge in [0.05, 0.1) is 11.9 Å². The molecule has 0 saturated heterocycles. The van der Waals surface area contributed by atoms with Crippen LogP contribution >= 0.6 is 0 Å². The highest BCUT2D eigenvalue weighted by molar-refractivity contribution is 7.90. The summed E-state index contributed by atoms with van der Waals surface area (Å²) in [5.74, 6) is 2.46. The number of hydrogen-bond acceptors (Lipinski definition) is 7. The zero-order valence-corrected chi connectivity index (χ0v) is 14.0. The molecule has 7 nitrogen and oxygen atoms in total. The van der Waals surface area contributed by atoms with Crippen LogP contribution in [-0.4, -0.2) is 41.4 Å². The van der Waals surface area contributed by atoms with Gasteiger partial charge in [0.2, 0.25) is 0 Å². The van der Waals surface area contributed by atoms with E-state index in [2.05, 4.69) is 26.1 Å². The van der Waals surface area contributed by atoms with E-state index in [4.69, 9.17) is 11.2 Å². The Morgan fingerprint density at radius 3 is 2.88 bits per heavy atom. The van der Waals surface area contributed by atoms with Crippen molar-refractivity contribution in [3.05, 3.63) is 23.4 Å². The molecule has 0 bridgehead atoms. The molecule has 0 N–H and O–H groups in total. The number of terminal acetylenes is 1. The molecule has 0 atom stereocenters. The Balaban J connectivity index is 2.01. The van der Waals surface area contributed by atoms with Gasteiger partial charge in [0, 0.05) is 12.7 Å². The number of ether oxygens (including phenoxy) is 1. The maximum absolute atomic E-state index is 12.1. The van der Waals surface area contributed by atoms with Crippen LogP contribution in [0.2, 0.25) is 0 Å². The lowest BCUT2D eigenvalue weighted by molar-refractivity contribution is 0.297. The number of fused-ring (bicyclic) bond motifs is 1. The number of nitrogens with zero attached hydrogens (tertiary/aromatic N) is 4. The average Bonchev–Trinajstić information content (AvgIpc) is 3.02. The van der Waals surface area contributed by atoms with Crippen LogP contribution in [0, 0.1) is 12.3 Å². The highest BCUT2D eigenvalue weighted by Gasteiger charge is 2.24. The molecule has 24 heavy (non-hydrogen) atoms. The van der Waals surface area contributed by atoms with Crippen molar-refractivity contribution in [3.63, 3.8) is 0 Å². The van der Waals surface area contributed by atoms with Gasteiger partial charge < -0.3 is 4.74 Å². The van der Waals surface area contributed by atoms with Gasteiger partial charge in [0.25, 0.3) is 0 Å². The van der Waals surface area contributed by atoms with Crippen molar-refractivity contribution in [2.45, 2.75) is 30.7 Å². The minimum atomic E-state index is -3.41. The molecule has 3 rings (SSSR count). The third kappa shape index (κ3) is 3.36. The summed E-state index contributed by atoms with van der Waals surface area (Å²) in [4.78, 5) is 8.56. The Kier molecular flexibility index (Phi) is 4.44. The number of aromatic nitrogens is 4. The predicted molar refractivity (Wildman–Crippen MR) is 87.1 cm³/mol. The largest absolute Gasteiger partial charge is 0.461 e. The molecule has 0 aliphatic heterocycles. The summed E-state index contributed by atoms with van der Waals surface area (Å²) < 4.78 is 29.5. The summed E-state index contributed by atoms with van der Waals surface area (Å²) >= 11 is 0. The van der Waals surface area contributed by atoms with E-state index in [0.717, 1.165) is 30.4 Å². The van der Waals surface area contributed by atoms with Crippen molar-refractivity contribution in [2.75, 3.05) is 12.9 Å². The first-order chi connectivity index (χ1) is 11.5. The highest BCUT2D eigenvalue weighted by atomic mass is 32.2. The summed E-state index contributed by atoms with van der Waals surface area (Å²) in [7, 11) is -3.41. The van der Waals surface area contributed by atoms with Gasteiger partial charge in [0.15, 0.2) is 14.9 Å². The van der Waals surface area contributed by atoms with Crippen LogP contribution in [0.15, 0.2) is 17.3 Å². The van der Waals surface area contributed by atoms with Crippen molar-refractivity contribution in [1.82, 2.24) is 20.2 Å². The number of aryl methyl sites for hydroxylation is 1. The minimum absolute atomic E-state index is 0.0888. The molecule has 0 radical (unpaired) electrons. The van der Waals surface area contributed by atoms with Gasteiger partial charge in [0.1, 0.15) is 12.3 Å². The van der Waals surface area contributed by atoms with Gasteiger partial charge in [-0.15, -0.1) is 12.3 Å². The van der Waals surface area contributed by atoms with Crippen molar-refractivity contribution >= 4 is 9.84 Å². The van der Waals surface area contributed by atoms with Crippen molar-refractivity contribution in [2.24, 2.45) is 0 Å². The van der Waals surface area contributed by atoms with Gasteiger partial charge in [-0.25, -0.2) is 13.4 Å². The minimum Gasteiger partial charge on any atom is -0.461 e. The van der Waals surface area contributed by atoms with E-state index >= 15 is 0 Å². The van der Waals surface area contributed by atoms with Crippen LogP contribution in [0.3, 0.4) is 0 Å². The maximum Gasteiger partial charge on any atom is 0.336 e. The van der Waals surface area contributed by atoms with Crippen LogP contribution in [0.1, 0.15) is 24.0 Å². The molecular weight excluding hydrogens is 328 g/mol. The van der Waals surface area contributed by atoms with E-state index in [1.165, 1.54) is 12.5 Å². The zero-order valence-electron chi connectivity index (χ0n) is 13.2. The van der Waals surface area contributed by atoms with E-state index < -0.39 is 9.84 Å². The number of hydrogen-bond donors (Lipinski definition) is 0. The molecule has 0 fully saturated rings. The Bertz CT molecular complexity index is 919. The smallest absolute Gasteiger partial charge is 0.336 e. The molecule has 0 aromatic carbocycles. The lowest BCUT2D eigenvalue weighted by atomic mass is 10.1. The molecule has 1 aliphatic carbocycles. The van der Waals surface area contributed by atoms with E-state index in [-0.39, 0.29) is 17.6 Å². The van der Waals surface area contributed by atoms with E-state index in [0.29, 0.717) is 17.8 Å². The monoisotopic (exact) mass is 344 g/mol. The average molecular weight is 344 g/mol. The molecule has 2 heterocycles. The second kappa shape index (κ2) is 6.53. The van der Waals surface area contributed by atoms with E-state index in [9.17, 15) is 8.42 Å². The topological polar surface area (TPSA) is 94.9 Å². The summed E-state index contributed by atoms with van der Waals surface area (Å²) in [5, 5.41) is 7.75. The van der Waals surface area contributed by atoms with Gasteiger partial charge >= 0.3 is 6.01 Å². The summed E-state index contributed by atoms with van der Waals surface area (Å²) in [6, 6.07) is 1.96. The Labute approximate surface area is 140 Å². The molecule has 0 spiro atoms. The Morgan fingerprint density at radius 1 is 1.29 bits per heavy atom. The number of sulfone groups is 1. The van der Waals surface area contributed by atoms with Crippen molar-refractivity contribution in [1.29, 1.82) is 0 Å². The van der Waals surface area contributed by atoms with Crippen LogP contribution < -0.4 is 4.74 Å². The van der Waals surface area contributed by atoms with Crippen LogP contribution in [0.5, 0.6) is 6.01 Å². The molecule has 0 saturated carbocycles. The SMILES string of the molecule is C#CCCOc1nncc(-c2cc3c(c(S(C)(=O)=O)n2)CCC3)n1. The summed E-state index contributed by atoms with van der Waals surface area (Å²) in [6.07, 6.45) is 10.7. The normalized spacial score (nSPS) is 13.3. The lowest BCUT2D eigenvalue weighted by Crippen LogP contribution is -2.08. The van der Waals surface area contributed by atoms with Gasteiger partial charge in [-0.1, -0.05) is 5.10 Å². The van der Waals surface area contributed by atoms with Gasteiger partial charge in [-0.3, -0.25) is 0 Å². The molecule has 0 unspecified atom stereocenters. The molecule has 124 valence electrons. The molecule has 1 aliphatic rings. The van der Waals surface area contributed by atoms with Crippen LogP contribution in [0.25, 0.3) is 11.4 Å². The fourth-order valence-corrected chi connectivity index (χ4v) is 3.60. The Hall–Kier alpha value is -2.53. The second-order valence-electron chi connectivity index (χ2n) is 5.50. The van der Waals surface area contributed by atoms with E-state index in [1.807, 2.05) is 6.07 Å². The van der Waals surface area contributed by atoms with Crippen LogP contribution in [-0.2, 0) is 22.7 Å². The molecule has 2 aromatic heterocycles. The second-order valence-corrected chi connectivity index (χ2v) is 7.43. The third-order valence-corrected chi connectivity index (χ3v) is 4.72. The fourth-order valence-electron chi connectivity index (χ4n) is 2.66. The maximum atomic E-state index is 12.1. The summed E-state index contributed by atoms with van der Waals surface area (Å²) in [6.45, 7) is 0.286. The molecule has 2 aromatic rings. The first kappa shape index (κ1) is 16.3. The fraction of sp³-hybridized carbons (Fsp3) is 0.375. The predicted octanol–water partition coefficient (Wildman–Crippen LogP) is 1.23. The molecular formula is C16H16N4O3S. The number of rotatable bonds is 5. The van der Waals surface area contributed by atoms with E-state index in [1.54, 1.807) is 0 Å². The van der Waals surface area contributed by atoms with Crippen molar-refractivity contribution < 1.29 is 13.2 Å². The first-order valence-corrected chi connectivity index (χ1v) is 9.37. The number of pyridine rings is 1. The third-order valence-electron chi connectivity index (χ3n) is 3.68. The molecule has 8 heteroatoms. The first-order valence-electron chi connectivity index (χ1n) is 7.48. The van der Waals surface area contributed by atoms with Gasteiger partial charge in [-0.05, 0) is 36.5 Å². The quantitative estimate of drug-likeness (QED) is 0.594. The highest BCUT2D eigenvalue weighted by Crippen LogP contribution is 2.30.